The highest BCUT2D eigenvalue weighted by Crippen LogP contribution is 2.47. The van der Waals surface area contributed by atoms with E-state index in [9.17, 15) is 14.7 Å². The molecule has 7 rings (SSSR count). The highest BCUT2D eigenvalue weighted by molar-refractivity contribution is 6.31. The van der Waals surface area contributed by atoms with Gasteiger partial charge in [-0.15, -0.1) is 5.10 Å². The standard InChI is InChI=1S/C36H32ClN5O4/c1-23(6-2-3-18-40-22-27(17-19-43)38-39-40)36(46)30-20-26(37)13-16-31(30)41(35(36)45)21-24-11-14-28(15-12-24)42-32-10-5-8-25-7-4-9-29(33(25)32)34(42)44/h2,4-16,20,22-23,43,46H,3,17-19,21H2,1H3/b6-2+/t23-,36+/m1/s1. The Morgan fingerprint density at radius 1 is 1.00 bits per heavy atom. The van der Waals surface area contributed by atoms with Crippen molar-refractivity contribution in [3.8, 4) is 0 Å². The first-order chi connectivity index (χ1) is 22.3. The van der Waals surface area contributed by atoms with E-state index in [1.54, 1.807) is 38.9 Å². The molecule has 232 valence electrons. The van der Waals surface area contributed by atoms with Crippen LogP contribution in [-0.4, -0.2) is 43.6 Å². The Labute approximate surface area is 270 Å². The molecule has 2 N–H and O–H groups in total. The molecule has 0 saturated heterocycles. The number of carbonyl (C=O) groups is 2. The first-order valence-electron chi connectivity index (χ1n) is 15.3. The molecule has 2 aliphatic rings. The fraction of sp³-hybridized carbons (Fsp3) is 0.222. The minimum Gasteiger partial charge on any atom is -0.396 e. The molecule has 3 heterocycles. The van der Waals surface area contributed by atoms with Gasteiger partial charge in [-0.05, 0) is 59.8 Å². The van der Waals surface area contributed by atoms with E-state index in [1.165, 1.54) is 0 Å². The molecule has 0 fully saturated rings. The van der Waals surface area contributed by atoms with Crippen molar-refractivity contribution in [1.82, 2.24) is 15.0 Å². The van der Waals surface area contributed by atoms with Crippen LogP contribution >= 0.6 is 11.6 Å². The lowest BCUT2D eigenvalue weighted by atomic mass is 9.83. The van der Waals surface area contributed by atoms with E-state index in [2.05, 4.69) is 10.3 Å². The Morgan fingerprint density at radius 2 is 1.78 bits per heavy atom. The van der Waals surface area contributed by atoms with Crippen molar-refractivity contribution in [3.05, 3.63) is 125 Å². The second-order valence-electron chi connectivity index (χ2n) is 11.8. The first kappa shape index (κ1) is 29.9. The Bertz CT molecular complexity index is 2000. The van der Waals surface area contributed by atoms with Crippen LogP contribution in [0, 0.1) is 5.92 Å². The van der Waals surface area contributed by atoms with Crippen molar-refractivity contribution >= 4 is 51.2 Å². The monoisotopic (exact) mass is 633 g/mol. The van der Waals surface area contributed by atoms with Crippen molar-refractivity contribution in [1.29, 1.82) is 0 Å². The number of aliphatic hydroxyl groups excluding tert-OH is 1. The van der Waals surface area contributed by atoms with Gasteiger partial charge in [-0.25, -0.2) is 0 Å². The molecule has 10 heteroatoms. The van der Waals surface area contributed by atoms with Crippen LogP contribution in [0.5, 0.6) is 0 Å². The Balaban J connectivity index is 1.10. The lowest BCUT2D eigenvalue weighted by Gasteiger charge is -2.28. The fourth-order valence-corrected chi connectivity index (χ4v) is 6.68. The SMILES string of the molecule is C[C@H](/C=C/CCn1cc(CCO)nn1)[C@@]1(O)C(=O)N(Cc2ccc(N3C(=O)c4cccc5cccc3c45)cc2)c2ccc(Cl)cc21. The predicted molar refractivity (Wildman–Crippen MR) is 177 cm³/mol. The summed E-state index contributed by atoms with van der Waals surface area (Å²) in [7, 11) is 0. The van der Waals surface area contributed by atoms with E-state index in [0.29, 0.717) is 41.2 Å². The number of hydrogen-bond acceptors (Lipinski definition) is 6. The summed E-state index contributed by atoms with van der Waals surface area (Å²) >= 11 is 6.36. The molecule has 46 heavy (non-hydrogen) atoms. The Hall–Kier alpha value is -4.83. The summed E-state index contributed by atoms with van der Waals surface area (Å²) in [6.45, 7) is 2.64. The number of fused-ring (bicyclic) bond motifs is 1. The highest BCUT2D eigenvalue weighted by Gasteiger charge is 2.52. The molecule has 2 aliphatic heterocycles. The van der Waals surface area contributed by atoms with Gasteiger partial charge >= 0.3 is 0 Å². The van der Waals surface area contributed by atoms with Gasteiger partial charge in [0.25, 0.3) is 11.8 Å². The van der Waals surface area contributed by atoms with Crippen LogP contribution in [-0.2, 0) is 29.9 Å². The predicted octanol–water partition coefficient (Wildman–Crippen LogP) is 5.93. The number of carbonyl (C=O) groups excluding carboxylic acids is 2. The summed E-state index contributed by atoms with van der Waals surface area (Å²) in [5.41, 5.74) is 3.12. The molecule has 5 aromatic rings. The molecule has 2 atom stereocenters. The largest absolute Gasteiger partial charge is 0.396 e. The van der Waals surface area contributed by atoms with E-state index in [1.807, 2.05) is 79.7 Å². The highest BCUT2D eigenvalue weighted by atomic mass is 35.5. The van der Waals surface area contributed by atoms with Crippen LogP contribution < -0.4 is 9.80 Å². The number of anilines is 3. The van der Waals surface area contributed by atoms with Gasteiger partial charge in [0.1, 0.15) is 0 Å². The molecular weight excluding hydrogens is 602 g/mol. The van der Waals surface area contributed by atoms with E-state index in [0.717, 1.165) is 33.4 Å². The average molecular weight is 634 g/mol. The summed E-state index contributed by atoms with van der Waals surface area (Å²) in [5.74, 6) is -1.04. The average Bonchev–Trinajstić information content (AvgIpc) is 3.69. The second kappa shape index (κ2) is 11.8. The number of aryl methyl sites for hydroxylation is 1. The van der Waals surface area contributed by atoms with Gasteiger partial charge in [0.15, 0.2) is 5.60 Å². The summed E-state index contributed by atoms with van der Waals surface area (Å²) < 4.78 is 1.70. The number of nitrogens with zero attached hydrogens (tertiary/aromatic N) is 5. The Morgan fingerprint density at radius 3 is 2.57 bits per heavy atom. The van der Waals surface area contributed by atoms with E-state index >= 15 is 0 Å². The van der Waals surface area contributed by atoms with Crippen molar-refractivity contribution in [2.75, 3.05) is 16.4 Å². The van der Waals surface area contributed by atoms with Crippen LogP contribution in [0.25, 0.3) is 10.8 Å². The maximum atomic E-state index is 14.0. The van der Waals surface area contributed by atoms with Crippen LogP contribution in [0.15, 0.2) is 97.2 Å². The van der Waals surface area contributed by atoms with Crippen molar-refractivity contribution in [2.45, 2.75) is 38.5 Å². The molecule has 0 bridgehead atoms. The zero-order valence-electron chi connectivity index (χ0n) is 25.2. The maximum Gasteiger partial charge on any atom is 0.264 e. The number of halogens is 1. The molecular formula is C36H32ClN5O4. The van der Waals surface area contributed by atoms with Gasteiger partial charge in [-0.1, -0.05) is 72.3 Å². The molecule has 4 aromatic carbocycles. The summed E-state index contributed by atoms with van der Waals surface area (Å²) in [5, 5.41) is 31.6. The van der Waals surface area contributed by atoms with E-state index < -0.39 is 17.4 Å². The first-order valence-corrected chi connectivity index (χ1v) is 15.6. The smallest absolute Gasteiger partial charge is 0.264 e. The van der Waals surface area contributed by atoms with E-state index in [4.69, 9.17) is 16.7 Å². The van der Waals surface area contributed by atoms with E-state index in [-0.39, 0.29) is 19.1 Å². The third-order valence-corrected chi connectivity index (χ3v) is 9.12. The van der Waals surface area contributed by atoms with Crippen LogP contribution in [0.3, 0.4) is 0 Å². The molecule has 0 spiro atoms. The van der Waals surface area contributed by atoms with Crippen LogP contribution in [0.4, 0.5) is 17.1 Å². The van der Waals surface area contributed by atoms with Gasteiger partial charge in [0.2, 0.25) is 0 Å². The van der Waals surface area contributed by atoms with Crippen molar-refractivity contribution < 1.29 is 19.8 Å². The van der Waals surface area contributed by atoms with Gasteiger partial charge in [-0.2, -0.15) is 0 Å². The van der Waals surface area contributed by atoms with Crippen LogP contribution in [0.2, 0.25) is 5.02 Å². The molecule has 1 aromatic heterocycles. The zero-order valence-corrected chi connectivity index (χ0v) is 25.9. The number of rotatable bonds is 10. The minimum atomic E-state index is -1.80. The number of benzene rings is 4. The van der Waals surface area contributed by atoms with Crippen molar-refractivity contribution in [3.63, 3.8) is 0 Å². The normalized spacial score (nSPS) is 17.9. The van der Waals surface area contributed by atoms with Crippen molar-refractivity contribution in [2.24, 2.45) is 5.92 Å². The topological polar surface area (TPSA) is 112 Å². The van der Waals surface area contributed by atoms with Gasteiger partial charge < -0.3 is 15.1 Å². The molecule has 0 unspecified atom stereocenters. The molecule has 0 aliphatic carbocycles. The number of allylic oxidation sites excluding steroid dienone is 1. The van der Waals surface area contributed by atoms with Crippen LogP contribution in [0.1, 0.15) is 40.5 Å². The van der Waals surface area contributed by atoms with Gasteiger partial charge in [-0.3, -0.25) is 19.2 Å². The third-order valence-electron chi connectivity index (χ3n) is 8.89. The Kier molecular flexibility index (Phi) is 7.68. The number of amides is 2. The minimum absolute atomic E-state index is 0.0164. The quantitative estimate of drug-likeness (QED) is 0.185. The summed E-state index contributed by atoms with van der Waals surface area (Å²) in [6, 6.07) is 24.4. The lowest BCUT2D eigenvalue weighted by Crippen LogP contribution is -2.44. The second-order valence-corrected chi connectivity index (χ2v) is 12.2. The number of aromatic nitrogens is 3. The summed E-state index contributed by atoms with van der Waals surface area (Å²) in [4.78, 5) is 30.7. The maximum absolute atomic E-state index is 14.0. The zero-order chi connectivity index (χ0) is 32.0. The molecule has 9 nitrogen and oxygen atoms in total. The fourth-order valence-electron chi connectivity index (χ4n) is 6.50. The van der Waals surface area contributed by atoms with Gasteiger partial charge in [0, 0.05) is 53.3 Å². The molecule has 0 saturated carbocycles. The lowest BCUT2D eigenvalue weighted by molar-refractivity contribution is -0.139. The van der Waals surface area contributed by atoms with Gasteiger partial charge in [0.05, 0.1) is 29.2 Å². The third kappa shape index (κ3) is 4.97. The molecule has 2 amide bonds. The number of aliphatic hydroxyl groups is 2. The number of hydrogen-bond donors (Lipinski definition) is 2. The summed E-state index contributed by atoms with van der Waals surface area (Å²) in [6.07, 6.45) is 6.64. The molecule has 0 radical (unpaired) electrons.